The number of methoxy groups -OCH3 is 1. The summed E-state index contributed by atoms with van der Waals surface area (Å²) in [5.41, 5.74) is 1.28. The van der Waals surface area contributed by atoms with E-state index in [1.807, 2.05) is 30.3 Å². The number of carbonyl (C=O) groups is 2. The molecular weight excluding hydrogens is 310 g/mol. The number of ether oxygens (including phenoxy) is 1. The number of amides is 1. The van der Waals surface area contributed by atoms with Gasteiger partial charge < -0.3 is 4.74 Å². The Balaban J connectivity index is 2.02. The van der Waals surface area contributed by atoms with Gasteiger partial charge in [-0.05, 0) is 24.3 Å². The highest BCUT2D eigenvalue weighted by molar-refractivity contribution is 8.04. The molecule has 4 nitrogen and oxygen atoms in total. The Morgan fingerprint density at radius 3 is 2.52 bits per heavy atom. The van der Waals surface area contributed by atoms with E-state index in [9.17, 15) is 9.59 Å². The fraction of sp³-hybridized carbons (Fsp3) is 0.111. The second-order valence-electron chi connectivity index (χ2n) is 4.98. The molecule has 0 radical (unpaired) electrons. The van der Waals surface area contributed by atoms with Crippen molar-refractivity contribution in [2.24, 2.45) is 0 Å². The van der Waals surface area contributed by atoms with Crippen molar-refractivity contribution >= 4 is 29.1 Å². The Morgan fingerprint density at radius 1 is 1.13 bits per heavy atom. The van der Waals surface area contributed by atoms with E-state index in [1.54, 1.807) is 31.5 Å². The summed E-state index contributed by atoms with van der Waals surface area (Å²) in [6.45, 7) is 1.46. The maximum atomic E-state index is 12.5. The van der Waals surface area contributed by atoms with Crippen LogP contribution in [0.3, 0.4) is 0 Å². The van der Waals surface area contributed by atoms with E-state index in [4.69, 9.17) is 4.74 Å². The molecule has 1 aliphatic rings. The molecule has 1 heterocycles. The molecule has 0 atom stereocenters. The standard InChI is InChI=1S/C18H15NO3S/c1-12(20)19(14-8-4-5-9-15(14)22-2)11-17-18(21)13-7-3-6-10-16(13)23-17/h3-11H,1-2H3/b17-11-. The molecule has 116 valence electrons. The predicted octanol–water partition coefficient (Wildman–Crippen LogP) is 3.88. The van der Waals surface area contributed by atoms with Gasteiger partial charge in [-0.1, -0.05) is 36.0 Å². The number of allylic oxidation sites excluding steroid dienone is 1. The summed E-state index contributed by atoms with van der Waals surface area (Å²) in [4.78, 5) is 27.4. The quantitative estimate of drug-likeness (QED) is 0.804. The van der Waals surface area contributed by atoms with E-state index >= 15 is 0 Å². The molecule has 3 rings (SSSR count). The lowest BCUT2D eigenvalue weighted by molar-refractivity contribution is -0.116. The fourth-order valence-corrected chi connectivity index (χ4v) is 3.42. The van der Waals surface area contributed by atoms with Crippen molar-refractivity contribution in [3.63, 3.8) is 0 Å². The molecule has 5 heteroatoms. The van der Waals surface area contributed by atoms with Crippen LogP contribution in [0, 0.1) is 0 Å². The second-order valence-corrected chi connectivity index (χ2v) is 6.07. The highest BCUT2D eigenvalue weighted by Crippen LogP contribution is 2.40. The van der Waals surface area contributed by atoms with Crippen LogP contribution >= 0.6 is 11.8 Å². The first-order chi connectivity index (χ1) is 11.1. The van der Waals surface area contributed by atoms with Gasteiger partial charge in [0.15, 0.2) is 0 Å². The first-order valence-electron chi connectivity index (χ1n) is 7.08. The Kier molecular flexibility index (Phi) is 4.21. The van der Waals surface area contributed by atoms with Crippen molar-refractivity contribution in [1.29, 1.82) is 0 Å². The van der Waals surface area contributed by atoms with Crippen molar-refractivity contribution in [3.8, 4) is 5.75 Å². The molecule has 0 aliphatic carbocycles. The van der Waals surface area contributed by atoms with Gasteiger partial charge in [0.25, 0.3) is 0 Å². The zero-order chi connectivity index (χ0) is 16.4. The maximum Gasteiger partial charge on any atom is 0.228 e. The summed E-state index contributed by atoms with van der Waals surface area (Å²) in [5, 5.41) is 0. The average Bonchev–Trinajstić information content (AvgIpc) is 2.89. The van der Waals surface area contributed by atoms with Crippen molar-refractivity contribution in [1.82, 2.24) is 0 Å². The normalized spacial score (nSPS) is 14.7. The molecular formula is C18H15NO3S. The maximum absolute atomic E-state index is 12.5. The van der Waals surface area contributed by atoms with Gasteiger partial charge in [-0.15, -0.1) is 0 Å². The molecule has 0 unspecified atom stereocenters. The van der Waals surface area contributed by atoms with Gasteiger partial charge in [-0.3, -0.25) is 14.5 Å². The monoisotopic (exact) mass is 325 g/mol. The fourth-order valence-electron chi connectivity index (χ4n) is 2.40. The lowest BCUT2D eigenvalue weighted by Crippen LogP contribution is -2.23. The average molecular weight is 325 g/mol. The highest BCUT2D eigenvalue weighted by atomic mass is 32.2. The number of ketones is 1. The van der Waals surface area contributed by atoms with E-state index in [-0.39, 0.29) is 11.7 Å². The minimum atomic E-state index is -0.189. The second kappa shape index (κ2) is 6.30. The minimum absolute atomic E-state index is 0.0632. The number of para-hydroxylation sites is 2. The van der Waals surface area contributed by atoms with Gasteiger partial charge in [0, 0.05) is 23.6 Å². The van der Waals surface area contributed by atoms with Crippen molar-refractivity contribution < 1.29 is 14.3 Å². The Labute approximate surface area is 138 Å². The number of hydrogen-bond acceptors (Lipinski definition) is 4. The molecule has 2 aromatic carbocycles. The van der Waals surface area contributed by atoms with Crippen LogP contribution in [0.2, 0.25) is 0 Å². The number of Topliss-reactive ketones (excluding diaryl/α,β-unsaturated/α-hetero) is 1. The summed E-state index contributed by atoms with van der Waals surface area (Å²) in [5.74, 6) is 0.325. The molecule has 0 bridgehead atoms. The lowest BCUT2D eigenvalue weighted by Gasteiger charge is -2.19. The van der Waals surface area contributed by atoms with Crippen LogP contribution in [0.4, 0.5) is 5.69 Å². The number of hydrogen-bond donors (Lipinski definition) is 0. The van der Waals surface area contributed by atoms with E-state index in [2.05, 4.69) is 0 Å². The lowest BCUT2D eigenvalue weighted by atomic mass is 10.1. The van der Waals surface area contributed by atoms with Crippen LogP contribution in [0.5, 0.6) is 5.75 Å². The van der Waals surface area contributed by atoms with Gasteiger partial charge >= 0.3 is 0 Å². The molecule has 1 aliphatic heterocycles. The third kappa shape index (κ3) is 2.87. The van der Waals surface area contributed by atoms with Gasteiger partial charge in [0.05, 0.1) is 17.7 Å². The Bertz CT molecular complexity index is 813. The van der Waals surface area contributed by atoms with Crippen LogP contribution in [0.25, 0.3) is 0 Å². The van der Waals surface area contributed by atoms with Crippen LogP contribution in [0.1, 0.15) is 17.3 Å². The number of fused-ring (bicyclic) bond motifs is 1. The van der Waals surface area contributed by atoms with Gasteiger partial charge in [-0.2, -0.15) is 0 Å². The van der Waals surface area contributed by atoms with E-state index in [0.717, 1.165) is 4.90 Å². The zero-order valence-electron chi connectivity index (χ0n) is 12.8. The minimum Gasteiger partial charge on any atom is -0.495 e. The number of carbonyl (C=O) groups excluding carboxylic acids is 2. The van der Waals surface area contributed by atoms with Crippen LogP contribution in [0.15, 0.2) is 64.5 Å². The molecule has 2 aromatic rings. The largest absolute Gasteiger partial charge is 0.495 e. The van der Waals surface area contributed by atoms with Crippen LogP contribution < -0.4 is 9.64 Å². The molecule has 0 saturated carbocycles. The van der Waals surface area contributed by atoms with Gasteiger partial charge in [-0.25, -0.2) is 0 Å². The highest BCUT2D eigenvalue weighted by Gasteiger charge is 2.27. The van der Waals surface area contributed by atoms with Gasteiger partial charge in [0.2, 0.25) is 11.7 Å². The summed E-state index contributed by atoms with van der Waals surface area (Å²) in [7, 11) is 1.55. The van der Waals surface area contributed by atoms with E-state index in [0.29, 0.717) is 21.9 Å². The number of benzene rings is 2. The number of rotatable bonds is 3. The number of thioether (sulfide) groups is 1. The first-order valence-corrected chi connectivity index (χ1v) is 7.89. The molecule has 0 N–H and O–H groups in total. The number of nitrogens with zero attached hydrogens (tertiary/aromatic N) is 1. The Morgan fingerprint density at radius 2 is 1.83 bits per heavy atom. The molecule has 23 heavy (non-hydrogen) atoms. The first kappa shape index (κ1) is 15.4. The Hall–Kier alpha value is -2.53. The summed E-state index contributed by atoms with van der Waals surface area (Å²) in [6, 6.07) is 14.7. The zero-order valence-corrected chi connectivity index (χ0v) is 13.6. The summed E-state index contributed by atoms with van der Waals surface area (Å²) < 4.78 is 5.31. The predicted molar refractivity (Wildman–Crippen MR) is 90.9 cm³/mol. The third-order valence-corrected chi connectivity index (χ3v) is 4.59. The SMILES string of the molecule is COc1ccccc1N(/C=C1\Sc2ccccc2C1=O)C(C)=O. The molecule has 0 fully saturated rings. The van der Waals surface area contributed by atoms with Crippen molar-refractivity contribution in [2.75, 3.05) is 12.0 Å². The molecule has 0 aromatic heterocycles. The van der Waals surface area contributed by atoms with E-state index < -0.39 is 0 Å². The van der Waals surface area contributed by atoms with Gasteiger partial charge in [0.1, 0.15) is 5.75 Å². The van der Waals surface area contributed by atoms with E-state index in [1.165, 1.54) is 23.6 Å². The molecule has 0 saturated heterocycles. The number of anilines is 1. The smallest absolute Gasteiger partial charge is 0.228 e. The third-order valence-electron chi connectivity index (χ3n) is 3.51. The van der Waals surface area contributed by atoms with Crippen molar-refractivity contribution in [2.45, 2.75) is 11.8 Å². The summed E-state index contributed by atoms with van der Waals surface area (Å²) >= 11 is 1.37. The molecule has 0 spiro atoms. The summed E-state index contributed by atoms with van der Waals surface area (Å²) in [6.07, 6.45) is 1.59. The van der Waals surface area contributed by atoms with Crippen LogP contribution in [-0.4, -0.2) is 18.8 Å². The topological polar surface area (TPSA) is 46.6 Å². The van der Waals surface area contributed by atoms with Crippen molar-refractivity contribution in [3.05, 3.63) is 65.2 Å². The van der Waals surface area contributed by atoms with Crippen LogP contribution in [-0.2, 0) is 4.79 Å². The molecule has 1 amide bonds.